The predicted octanol–water partition coefficient (Wildman–Crippen LogP) is 4.78. The highest BCUT2D eigenvalue weighted by Gasteiger charge is 2.22. The second-order valence-electron chi connectivity index (χ2n) is 8.52. The predicted molar refractivity (Wildman–Crippen MR) is 131 cm³/mol. The highest BCUT2D eigenvalue weighted by Crippen LogP contribution is 2.27. The quantitative estimate of drug-likeness (QED) is 0.466. The molecule has 2 aromatic heterocycles. The van der Waals surface area contributed by atoms with Crippen LogP contribution < -0.4 is 5.32 Å². The van der Waals surface area contributed by atoms with Crippen molar-refractivity contribution in [3.8, 4) is 5.69 Å². The minimum absolute atomic E-state index is 0.0792. The number of nitrogens with zero attached hydrogens (tertiary/aromatic N) is 4. The number of carbonyl (C=O) groups is 1. The van der Waals surface area contributed by atoms with Gasteiger partial charge in [-0.2, -0.15) is 0 Å². The van der Waals surface area contributed by atoms with Crippen molar-refractivity contribution in [3.05, 3.63) is 88.8 Å². The van der Waals surface area contributed by atoms with Crippen molar-refractivity contribution in [2.24, 2.45) is 0 Å². The van der Waals surface area contributed by atoms with Gasteiger partial charge >= 0.3 is 0 Å². The van der Waals surface area contributed by atoms with E-state index < -0.39 is 0 Å². The molecule has 0 radical (unpaired) electrons. The molecule has 2 aromatic carbocycles. The number of rotatable bonds is 5. The lowest BCUT2D eigenvalue weighted by Gasteiger charge is -2.32. The van der Waals surface area contributed by atoms with Crippen LogP contribution in [0.15, 0.2) is 66.9 Å². The zero-order chi connectivity index (χ0) is 22.8. The molecule has 0 bridgehead atoms. The van der Waals surface area contributed by atoms with E-state index in [2.05, 4.69) is 44.5 Å². The van der Waals surface area contributed by atoms with Gasteiger partial charge in [-0.1, -0.05) is 41.9 Å². The number of aromatic nitrogens is 3. The van der Waals surface area contributed by atoms with Crippen LogP contribution in [0.5, 0.6) is 0 Å². The van der Waals surface area contributed by atoms with E-state index >= 15 is 0 Å². The standard InChI is InChI=1S/C26H26ClN5O/c1-18-29-23-8-5-13-28-25(23)32(18)24-16-20(9-10-22(24)27)26(33)30-21-11-14-31(15-12-21)17-19-6-3-2-4-7-19/h2-10,13,16,21H,11-12,14-15,17H2,1H3,(H,30,33). The number of amides is 1. The number of pyridine rings is 1. The van der Waals surface area contributed by atoms with Crippen molar-refractivity contribution >= 4 is 28.7 Å². The van der Waals surface area contributed by atoms with Crippen molar-refractivity contribution in [1.29, 1.82) is 0 Å². The number of imidazole rings is 1. The Balaban J connectivity index is 1.28. The molecule has 1 aliphatic heterocycles. The summed E-state index contributed by atoms with van der Waals surface area (Å²) < 4.78 is 1.90. The molecule has 0 atom stereocenters. The summed E-state index contributed by atoms with van der Waals surface area (Å²) in [6.07, 6.45) is 3.61. The Morgan fingerprint density at radius 2 is 1.88 bits per heavy atom. The van der Waals surface area contributed by atoms with E-state index in [0.717, 1.165) is 49.5 Å². The molecule has 1 saturated heterocycles. The molecule has 0 unspecified atom stereocenters. The topological polar surface area (TPSA) is 63.1 Å². The van der Waals surface area contributed by atoms with E-state index in [0.29, 0.717) is 16.3 Å². The Labute approximate surface area is 198 Å². The molecular weight excluding hydrogens is 434 g/mol. The second-order valence-corrected chi connectivity index (χ2v) is 8.92. The molecule has 0 aliphatic carbocycles. The number of piperidine rings is 1. The summed E-state index contributed by atoms with van der Waals surface area (Å²) in [5, 5.41) is 3.76. The minimum Gasteiger partial charge on any atom is -0.349 e. The summed E-state index contributed by atoms with van der Waals surface area (Å²) in [5.74, 6) is 0.693. The third-order valence-corrected chi connectivity index (χ3v) is 6.52. The van der Waals surface area contributed by atoms with Crippen molar-refractivity contribution in [2.45, 2.75) is 32.4 Å². The number of halogens is 1. The number of benzene rings is 2. The number of aryl methyl sites for hydroxylation is 1. The van der Waals surface area contributed by atoms with Crippen LogP contribution in [0, 0.1) is 6.92 Å². The van der Waals surface area contributed by atoms with Gasteiger partial charge in [0.2, 0.25) is 0 Å². The normalized spacial score (nSPS) is 15.1. The van der Waals surface area contributed by atoms with Crippen molar-refractivity contribution in [2.75, 3.05) is 13.1 Å². The maximum Gasteiger partial charge on any atom is 0.251 e. The summed E-state index contributed by atoms with van der Waals surface area (Å²) in [6.45, 7) is 4.80. The first-order valence-electron chi connectivity index (χ1n) is 11.3. The van der Waals surface area contributed by atoms with Gasteiger partial charge < -0.3 is 5.32 Å². The second kappa shape index (κ2) is 9.33. The summed E-state index contributed by atoms with van der Waals surface area (Å²) in [6, 6.07) is 19.8. The van der Waals surface area contributed by atoms with Gasteiger partial charge in [-0.25, -0.2) is 9.97 Å². The third kappa shape index (κ3) is 4.63. The van der Waals surface area contributed by atoms with Crippen molar-refractivity contribution in [1.82, 2.24) is 24.8 Å². The van der Waals surface area contributed by atoms with Crippen LogP contribution >= 0.6 is 11.6 Å². The Kier molecular flexibility index (Phi) is 6.11. The Hall–Kier alpha value is -3.22. The SMILES string of the molecule is Cc1nc2cccnc2n1-c1cc(C(=O)NC2CCN(Cc3ccccc3)CC2)ccc1Cl. The number of carbonyl (C=O) groups excluding carboxylic acids is 1. The van der Waals surface area contributed by atoms with Gasteiger partial charge in [-0.3, -0.25) is 14.3 Å². The van der Waals surface area contributed by atoms with Gasteiger partial charge in [-0.15, -0.1) is 0 Å². The molecule has 4 aromatic rings. The molecule has 5 rings (SSSR count). The average Bonchev–Trinajstić information content (AvgIpc) is 3.17. The number of fused-ring (bicyclic) bond motifs is 1. The van der Waals surface area contributed by atoms with E-state index in [1.807, 2.05) is 35.8 Å². The van der Waals surface area contributed by atoms with Crippen LogP contribution in [0.3, 0.4) is 0 Å². The maximum atomic E-state index is 13.1. The van der Waals surface area contributed by atoms with Crippen molar-refractivity contribution < 1.29 is 4.79 Å². The zero-order valence-corrected chi connectivity index (χ0v) is 19.3. The van der Waals surface area contributed by atoms with Crippen LogP contribution in [0.2, 0.25) is 5.02 Å². The van der Waals surface area contributed by atoms with Gasteiger partial charge in [0, 0.05) is 37.4 Å². The minimum atomic E-state index is -0.0792. The zero-order valence-electron chi connectivity index (χ0n) is 18.5. The largest absolute Gasteiger partial charge is 0.349 e. The summed E-state index contributed by atoms with van der Waals surface area (Å²) in [5.41, 5.74) is 4.13. The van der Waals surface area contributed by atoms with Crippen molar-refractivity contribution in [3.63, 3.8) is 0 Å². The lowest BCUT2D eigenvalue weighted by Crippen LogP contribution is -2.44. The van der Waals surface area contributed by atoms with Gasteiger partial charge in [0.1, 0.15) is 11.3 Å². The Morgan fingerprint density at radius 3 is 2.67 bits per heavy atom. The van der Waals surface area contributed by atoms with Gasteiger partial charge in [0.15, 0.2) is 5.65 Å². The van der Waals surface area contributed by atoms with E-state index in [1.54, 1.807) is 18.3 Å². The van der Waals surface area contributed by atoms with E-state index in [-0.39, 0.29) is 11.9 Å². The fraction of sp³-hybridized carbons (Fsp3) is 0.269. The fourth-order valence-corrected chi connectivity index (χ4v) is 4.69. The monoisotopic (exact) mass is 459 g/mol. The number of nitrogens with one attached hydrogen (secondary N) is 1. The maximum absolute atomic E-state index is 13.1. The summed E-state index contributed by atoms with van der Waals surface area (Å²) in [4.78, 5) is 24.5. The Morgan fingerprint density at radius 1 is 1.09 bits per heavy atom. The molecular formula is C26H26ClN5O. The molecule has 1 N–H and O–H groups in total. The van der Waals surface area contributed by atoms with E-state index in [1.165, 1.54) is 5.56 Å². The number of hydrogen-bond acceptors (Lipinski definition) is 4. The smallest absolute Gasteiger partial charge is 0.251 e. The lowest BCUT2D eigenvalue weighted by atomic mass is 10.0. The molecule has 168 valence electrons. The van der Waals surface area contributed by atoms with E-state index in [9.17, 15) is 4.79 Å². The number of hydrogen-bond donors (Lipinski definition) is 1. The molecule has 33 heavy (non-hydrogen) atoms. The highest BCUT2D eigenvalue weighted by molar-refractivity contribution is 6.32. The highest BCUT2D eigenvalue weighted by atomic mass is 35.5. The lowest BCUT2D eigenvalue weighted by molar-refractivity contribution is 0.0909. The van der Waals surface area contributed by atoms with Gasteiger partial charge in [0.25, 0.3) is 5.91 Å². The van der Waals surface area contributed by atoms with E-state index in [4.69, 9.17) is 11.6 Å². The molecule has 3 heterocycles. The van der Waals surface area contributed by atoms with Gasteiger partial charge in [-0.05, 0) is 55.7 Å². The average molecular weight is 460 g/mol. The van der Waals surface area contributed by atoms with Gasteiger partial charge in [0.05, 0.1) is 10.7 Å². The first-order chi connectivity index (χ1) is 16.1. The molecule has 7 heteroatoms. The summed E-state index contributed by atoms with van der Waals surface area (Å²) >= 11 is 6.53. The molecule has 1 fully saturated rings. The Bertz CT molecular complexity index is 1280. The van der Waals surface area contributed by atoms with Crippen LogP contribution in [0.25, 0.3) is 16.9 Å². The number of likely N-dealkylation sites (tertiary alicyclic amines) is 1. The first kappa shape index (κ1) is 21.6. The van der Waals surface area contributed by atoms with Crippen LogP contribution in [-0.4, -0.2) is 44.5 Å². The molecule has 6 nitrogen and oxygen atoms in total. The first-order valence-corrected chi connectivity index (χ1v) is 11.6. The third-order valence-electron chi connectivity index (χ3n) is 6.20. The van der Waals surface area contributed by atoms with Crippen LogP contribution in [0.4, 0.5) is 0 Å². The molecule has 0 spiro atoms. The van der Waals surface area contributed by atoms with Crippen LogP contribution in [-0.2, 0) is 6.54 Å². The fourth-order valence-electron chi connectivity index (χ4n) is 4.49. The van der Waals surface area contributed by atoms with Crippen LogP contribution in [0.1, 0.15) is 34.6 Å². The molecule has 0 saturated carbocycles. The molecule has 1 amide bonds. The summed E-state index contributed by atoms with van der Waals surface area (Å²) in [7, 11) is 0. The molecule has 1 aliphatic rings.